The molecule has 6 heteroatoms. The minimum absolute atomic E-state index is 0.0398. The van der Waals surface area contributed by atoms with E-state index < -0.39 is 0 Å². The van der Waals surface area contributed by atoms with E-state index in [1.54, 1.807) is 0 Å². The molecular formula is C14H18Br2N4. The average Bonchev–Trinajstić information content (AvgIpc) is 2.65. The molecule has 0 saturated carbocycles. The number of benzene rings is 1. The van der Waals surface area contributed by atoms with Crippen LogP contribution in [0.5, 0.6) is 0 Å². The standard InChI is InChI=1S/C14H18Br2N4/c1-8-4-5-10(6-11(8)15)12(18-17)7-13-14(16)9(2)19-20(13)3/h4-6,12,18H,7,17H2,1-3H3. The van der Waals surface area contributed by atoms with Gasteiger partial charge in [0.25, 0.3) is 0 Å². The first-order valence-corrected chi connectivity index (χ1v) is 7.92. The summed E-state index contributed by atoms with van der Waals surface area (Å²) < 4.78 is 4.04. The zero-order chi connectivity index (χ0) is 14.9. The Labute approximate surface area is 136 Å². The highest BCUT2D eigenvalue weighted by Crippen LogP contribution is 2.27. The second-order valence-corrected chi connectivity index (χ2v) is 6.55. The molecule has 1 aromatic heterocycles. The highest BCUT2D eigenvalue weighted by Gasteiger charge is 2.17. The van der Waals surface area contributed by atoms with E-state index >= 15 is 0 Å². The SMILES string of the molecule is Cc1ccc(C(Cc2c(Br)c(C)nn2C)NN)cc1Br. The Morgan fingerprint density at radius 2 is 2.05 bits per heavy atom. The quantitative estimate of drug-likeness (QED) is 0.610. The van der Waals surface area contributed by atoms with Crippen LogP contribution in [0.25, 0.3) is 0 Å². The summed E-state index contributed by atoms with van der Waals surface area (Å²) in [5, 5.41) is 4.42. The summed E-state index contributed by atoms with van der Waals surface area (Å²) in [7, 11) is 1.95. The Kier molecular flexibility index (Phi) is 5.01. The molecule has 0 radical (unpaired) electrons. The van der Waals surface area contributed by atoms with Crippen LogP contribution in [0, 0.1) is 13.8 Å². The molecule has 1 aromatic carbocycles. The van der Waals surface area contributed by atoms with Gasteiger partial charge in [0.1, 0.15) is 0 Å². The van der Waals surface area contributed by atoms with Crippen molar-refractivity contribution in [3.8, 4) is 0 Å². The summed E-state index contributed by atoms with van der Waals surface area (Å²) in [5.74, 6) is 5.74. The number of aryl methyl sites for hydroxylation is 3. The summed E-state index contributed by atoms with van der Waals surface area (Å²) in [6.07, 6.45) is 0.768. The second-order valence-electron chi connectivity index (χ2n) is 4.90. The van der Waals surface area contributed by atoms with Crippen molar-refractivity contribution in [2.75, 3.05) is 0 Å². The average molecular weight is 402 g/mol. The third-order valence-corrected chi connectivity index (χ3v) is 5.34. The second kappa shape index (κ2) is 6.39. The van der Waals surface area contributed by atoms with Crippen LogP contribution in [0.4, 0.5) is 0 Å². The number of hydrogen-bond acceptors (Lipinski definition) is 3. The van der Waals surface area contributed by atoms with Crippen molar-refractivity contribution in [3.63, 3.8) is 0 Å². The molecule has 2 rings (SSSR count). The van der Waals surface area contributed by atoms with Crippen LogP contribution >= 0.6 is 31.9 Å². The maximum absolute atomic E-state index is 5.74. The lowest BCUT2D eigenvalue weighted by molar-refractivity contribution is 0.529. The van der Waals surface area contributed by atoms with Crippen molar-refractivity contribution >= 4 is 31.9 Å². The van der Waals surface area contributed by atoms with E-state index in [1.807, 2.05) is 18.7 Å². The Morgan fingerprint density at radius 3 is 2.55 bits per heavy atom. The molecule has 2 aromatic rings. The molecule has 0 aliphatic carbocycles. The number of rotatable bonds is 4. The van der Waals surface area contributed by atoms with Gasteiger partial charge in [-0.05, 0) is 47.0 Å². The third-order valence-electron chi connectivity index (χ3n) is 3.46. The largest absolute Gasteiger partial charge is 0.271 e. The molecule has 0 amide bonds. The van der Waals surface area contributed by atoms with Gasteiger partial charge in [-0.15, -0.1) is 0 Å². The lowest BCUT2D eigenvalue weighted by atomic mass is 10.0. The van der Waals surface area contributed by atoms with Crippen molar-refractivity contribution in [1.82, 2.24) is 15.2 Å². The number of halogens is 2. The van der Waals surface area contributed by atoms with Gasteiger partial charge in [-0.2, -0.15) is 5.10 Å². The van der Waals surface area contributed by atoms with Gasteiger partial charge in [0, 0.05) is 17.9 Å². The molecule has 1 atom stereocenters. The van der Waals surface area contributed by atoms with Crippen molar-refractivity contribution in [1.29, 1.82) is 0 Å². The van der Waals surface area contributed by atoms with Gasteiger partial charge in [-0.25, -0.2) is 0 Å². The first-order chi connectivity index (χ1) is 9.43. The van der Waals surface area contributed by atoms with Crippen LogP contribution in [0.3, 0.4) is 0 Å². The zero-order valence-corrected chi connectivity index (χ0v) is 14.9. The smallest absolute Gasteiger partial charge is 0.0738 e. The highest BCUT2D eigenvalue weighted by atomic mass is 79.9. The van der Waals surface area contributed by atoms with E-state index in [1.165, 1.54) is 5.56 Å². The fourth-order valence-electron chi connectivity index (χ4n) is 2.19. The predicted molar refractivity (Wildman–Crippen MR) is 88.3 cm³/mol. The van der Waals surface area contributed by atoms with Crippen molar-refractivity contribution in [2.45, 2.75) is 26.3 Å². The van der Waals surface area contributed by atoms with Crippen LogP contribution in [-0.4, -0.2) is 9.78 Å². The molecule has 0 bridgehead atoms. The van der Waals surface area contributed by atoms with Gasteiger partial charge in [-0.3, -0.25) is 16.0 Å². The van der Waals surface area contributed by atoms with Gasteiger partial charge >= 0.3 is 0 Å². The van der Waals surface area contributed by atoms with E-state index in [0.29, 0.717) is 0 Å². The summed E-state index contributed by atoms with van der Waals surface area (Å²) in [6, 6.07) is 6.34. The van der Waals surface area contributed by atoms with Crippen molar-refractivity contribution < 1.29 is 0 Å². The maximum atomic E-state index is 5.74. The molecule has 0 aliphatic rings. The topological polar surface area (TPSA) is 55.9 Å². The molecule has 0 aliphatic heterocycles. The fraction of sp³-hybridized carbons (Fsp3) is 0.357. The van der Waals surface area contributed by atoms with Crippen LogP contribution < -0.4 is 11.3 Å². The van der Waals surface area contributed by atoms with Crippen molar-refractivity contribution in [3.05, 3.63) is 49.7 Å². The van der Waals surface area contributed by atoms with E-state index in [2.05, 4.69) is 67.5 Å². The van der Waals surface area contributed by atoms with Crippen LogP contribution in [0.15, 0.2) is 27.1 Å². The van der Waals surface area contributed by atoms with Crippen LogP contribution in [0.1, 0.15) is 28.6 Å². The lowest BCUT2D eigenvalue weighted by Gasteiger charge is -2.17. The molecular weight excluding hydrogens is 384 g/mol. The zero-order valence-electron chi connectivity index (χ0n) is 11.7. The third kappa shape index (κ3) is 3.14. The number of aromatic nitrogens is 2. The monoisotopic (exact) mass is 400 g/mol. The highest BCUT2D eigenvalue weighted by molar-refractivity contribution is 9.10. The van der Waals surface area contributed by atoms with E-state index in [9.17, 15) is 0 Å². The van der Waals surface area contributed by atoms with E-state index in [-0.39, 0.29) is 6.04 Å². The van der Waals surface area contributed by atoms with Gasteiger partial charge in [0.05, 0.1) is 21.9 Å². The number of hydrazine groups is 1. The van der Waals surface area contributed by atoms with Crippen LogP contribution in [0.2, 0.25) is 0 Å². The Bertz CT molecular complexity index is 622. The molecule has 1 unspecified atom stereocenters. The van der Waals surface area contributed by atoms with Gasteiger partial charge in [-0.1, -0.05) is 28.1 Å². The van der Waals surface area contributed by atoms with Gasteiger partial charge in [0.15, 0.2) is 0 Å². The number of hydrogen-bond donors (Lipinski definition) is 2. The Balaban J connectivity index is 2.31. The molecule has 4 nitrogen and oxygen atoms in total. The number of nitrogens with one attached hydrogen (secondary N) is 1. The molecule has 0 saturated heterocycles. The molecule has 1 heterocycles. The van der Waals surface area contributed by atoms with Gasteiger partial charge in [0.2, 0.25) is 0 Å². The number of nitrogens with two attached hydrogens (primary N) is 1. The first kappa shape index (κ1) is 15.7. The molecule has 108 valence electrons. The molecule has 0 spiro atoms. The summed E-state index contributed by atoms with van der Waals surface area (Å²) >= 11 is 7.16. The first-order valence-electron chi connectivity index (χ1n) is 6.34. The Morgan fingerprint density at radius 1 is 1.35 bits per heavy atom. The fourth-order valence-corrected chi connectivity index (χ4v) is 3.09. The summed E-state index contributed by atoms with van der Waals surface area (Å²) in [4.78, 5) is 0. The molecule has 0 fully saturated rings. The van der Waals surface area contributed by atoms with E-state index in [0.717, 1.165) is 32.3 Å². The van der Waals surface area contributed by atoms with Gasteiger partial charge < -0.3 is 0 Å². The van der Waals surface area contributed by atoms with Crippen LogP contribution in [-0.2, 0) is 13.5 Å². The molecule has 3 N–H and O–H groups in total. The summed E-state index contributed by atoms with van der Waals surface area (Å²) in [5.41, 5.74) is 7.37. The minimum Gasteiger partial charge on any atom is -0.271 e. The predicted octanol–water partition coefficient (Wildman–Crippen LogP) is 3.31. The maximum Gasteiger partial charge on any atom is 0.0738 e. The number of nitrogens with zero attached hydrogens (tertiary/aromatic N) is 2. The lowest BCUT2D eigenvalue weighted by Crippen LogP contribution is -2.30. The van der Waals surface area contributed by atoms with E-state index in [4.69, 9.17) is 5.84 Å². The Hall–Kier alpha value is -0.690. The van der Waals surface area contributed by atoms with Crippen molar-refractivity contribution in [2.24, 2.45) is 12.9 Å². The molecule has 20 heavy (non-hydrogen) atoms. The minimum atomic E-state index is 0.0398. The summed E-state index contributed by atoms with van der Waals surface area (Å²) in [6.45, 7) is 4.06. The normalized spacial score (nSPS) is 12.7.